The van der Waals surface area contributed by atoms with Crippen molar-refractivity contribution in [2.24, 2.45) is 0 Å². The lowest BCUT2D eigenvalue weighted by Crippen LogP contribution is -2.38. The van der Waals surface area contributed by atoms with Crippen molar-refractivity contribution in [1.82, 2.24) is 19.2 Å². The Morgan fingerprint density at radius 3 is 2.60 bits per heavy atom. The van der Waals surface area contributed by atoms with E-state index in [4.69, 9.17) is 23.8 Å². The molecule has 1 aromatic heterocycles. The first-order chi connectivity index (χ1) is 14.2. The molecule has 7 nitrogen and oxygen atoms in total. The van der Waals surface area contributed by atoms with Crippen LogP contribution in [-0.2, 0) is 27.7 Å². The van der Waals surface area contributed by atoms with Crippen molar-refractivity contribution in [3.63, 3.8) is 0 Å². The third-order valence-corrected chi connectivity index (χ3v) is 7.88. The van der Waals surface area contributed by atoms with E-state index in [2.05, 4.69) is 12.0 Å². The molecule has 1 saturated heterocycles. The first kappa shape index (κ1) is 23.0. The molecule has 10 heteroatoms. The number of carbonyl (C=O) groups is 1. The van der Waals surface area contributed by atoms with Crippen LogP contribution < -0.4 is 0 Å². The molecule has 0 saturated carbocycles. The summed E-state index contributed by atoms with van der Waals surface area (Å²) in [4.78, 5) is 14.2. The second kappa shape index (κ2) is 9.62. The van der Waals surface area contributed by atoms with Crippen LogP contribution in [0.2, 0.25) is 5.02 Å². The zero-order valence-corrected chi connectivity index (χ0v) is 19.6. The number of hydrogen-bond acceptors (Lipinski definition) is 5. The molecule has 0 N–H and O–H groups in total. The third kappa shape index (κ3) is 5.31. The third-order valence-electron chi connectivity index (χ3n) is 5.45. The SMILES string of the molecule is CCCCn1c(-c2ccc(Cl)cc2)nn(CCC(=O)N(C)C2CCS(=O)(=O)C2)c1=S. The van der Waals surface area contributed by atoms with E-state index in [0.29, 0.717) is 22.8 Å². The molecule has 1 atom stereocenters. The summed E-state index contributed by atoms with van der Waals surface area (Å²) in [7, 11) is -1.36. The molecule has 0 bridgehead atoms. The summed E-state index contributed by atoms with van der Waals surface area (Å²) in [5, 5.41) is 5.33. The number of rotatable bonds is 8. The minimum absolute atomic E-state index is 0.0427. The van der Waals surface area contributed by atoms with Crippen LogP contribution in [0.25, 0.3) is 11.4 Å². The molecule has 2 aromatic rings. The average Bonchev–Trinajstić information content (AvgIpc) is 3.23. The Morgan fingerprint density at radius 2 is 2.00 bits per heavy atom. The Bertz CT molecular complexity index is 1060. The fraction of sp³-hybridized carbons (Fsp3) is 0.550. The van der Waals surface area contributed by atoms with E-state index >= 15 is 0 Å². The first-order valence-corrected chi connectivity index (χ1v) is 12.7. The lowest BCUT2D eigenvalue weighted by Gasteiger charge is -2.23. The molecule has 0 spiro atoms. The lowest BCUT2D eigenvalue weighted by molar-refractivity contribution is -0.131. The number of nitrogens with zero attached hydrogens (tertiary/aromatic N) is 4. The van der Waals surface area contributed by atoms with Gasteiger partial charge in [0.2, 0.25) is 5.91 Å². The number of hydrogen-bond donors (Lipinski definition) is 0. The van der Waals surface area contributed by atoms with Gasteiger partial charge in [0.1, 0.15) is 0 Å². The van der Waals surface area contributed by atoms with Crippen LogP contribution in [0.1, 0.15) is 32.6 Å². The molecule has 0 aliphatic carbocycles. The van der Waals surface area contributed by atoms with Gasteiger partial charge in [-0.05, 0) is 49.3 Å². The van der Waals surface area contributed by atoms with Crippen LogP contribution in [0, 0.1) is 4.77 Å². The van der Waals surface area contributed by atoms with Gasteiger partial charge in [0.25, 0.3) is 0 Å². The van der Waals surface area contributed by atoms with Gasteiger partial charge in [0, 0.05) is 36.6 Å². The number of halogens is 1. The number of amides is 1. The van der Waals surface area contributed by atoms with Crippen molar-refractivity contribution in [3.05, 3.63) is 34.1 Å². The number of carbonyl (C=O) groups excluding carboxylic acids is 1. The molecular formula is C20H27ClN4O3S2. The van der Waals surface area contributed by atoms with E-state index < -0.39 is 9.84 Å². The summed E-state index contributed by atoms with van der Waals surface area (Å²) in [6, 6.07) is 7.20. The van der Waals surface area contributed by atoms with Crippen LogP contribution in [0.5, 0.6) is 0 Å². The molecule has 1 fully saturated rings. The quantitative estimate of drug-likeness (QED) is 0.551. The summed E-state index contributed by atoms with van der Waals surface area (Å²) >= 11 is 11.7. The molecular weight excluding hydrogens is 444 g/mol. The van der Waals surface area contributed by atoms with E-state index in [-0.39, 0.29) is 29.9 Å². The van der Waals surface area contributed by atoms with Gasteiger partial charge in [-0.25, -0.2) is 13.1 Å². The predicted octanol–water partition coefficient (Wildman–Crippen LogP) is 3.57. The fourth-order valence-electron chi connectivity index (χ4n) is 3.58. The summed E-state index contributed by atoms with van der Waals surface area (Å²) in [5.74, 6) is 0.844. The Labute approximate surface area is 187 Å². The van der Waals surface area contributed by atoms with Gasteiger partial charge in [-0.1, -0.05) is 24.9 Å². The largest absolute Gasteiger partial charge is 0.342 e. The van der Waals surface area contributed by atoms with Crippen molar-refractivity contribution < 1.29 is 13.2 Å². The smallest absolute Gasteiger partial charge is 0.224 e. The highest BCUT2D eigenvalue weighted by Gasteiger charge is 2.32. The zero-order chi connectivity index (χ0) is 21.9. The van der Waals surface area contributed by atoms with Crippen molar-refractivity contribution in [2.75, 3.05) is 18.6 Å². The van der Waals surface area contributed by atoms with E-state index in [1.165, 1.54) is 0 Å². The van der Waals surface area contributed by atoms with Crippen LogP contribution in [0.4, 0.5) is 0 Å². The molecule has 30 heavy (non-hydrogen) atoms. The maximum atomic E-state index is 12.6. The van der Waals surface area contributed by atoms with Crippen LogP contribution in [0.15, 0.2) is 24.3 Å². The number of benzene rings is 1. The van der Waals surface area contributed by atoms with E-state index in [1.807, 2.05) is 28.8 Å². The van der Waals surface area contributed by atoms with Gasteiger partial charge in [-0.15, -0.1) is 0 Å². The molecule has 164 valence electrons. The van der Waals surface area contributed by atoms with Crippen molar-refractivity contribution >= 4 is 39.6 Å². The molecule has 1 aliphatic heterocycles. The topological polar surface area (TPSA) is 77.2 Å². The predicted molar refractivity (Wildman–Crippen MR) is 121 cm³/mol. The van der Waals surface area contributed by atoms with Gasteiger partial charge in [-0.2, -0.15) is 5.10 Å². The summed E-state index contributed by atoms with van der Waals surface area (Å²) < 4.78 is 27.7. The minimum atomic E-state index is -3.03. The molecule has 1 aromatic carbocycles. The standard InChI is InChI=1S/C20H27ClN4O3S2/c1-3-4-11-24-19(15-5-7-16(21)8-6-15)22-25(20(24)29)12-9-18(26)23(2)17-10-13-30(27,28)14-17/h5-8,17H,3-4,9-14H2,1-2H3. The molecule has 2 heterocycles. The van der Waals surface area contributed by atoms with E-state index in [0.717, 1.165) is 30.8 Å². The molecule has 1 aliphatic rings. The molecule has 1 unspecified atom stereocenters. The van der Waals surface area contributed by atoms with Crippen LogP contribution >= 0.6 is 23.8 Å². The monoisotopic (exact) mass is 470 g/mol. The number of aromatic nitrogens is 3. The van der Waals surface area contributed by atoms with Gasteiger partial charge in [-0.3, -0.25) is 9.36 Å². The molecule has 1 amide bonds. The zero-order valence-electron chi connectivity index (χ0n) is 17.3. The van der Waals surface area contributed by atoms with E-state index in [9.17, 15) is 13.2 Å². The average molecular weight is 471 g/mol. The van der Waals surface area contributed by atoms with Crippen molar-refractivity contribution in [2.45, 2.75) is 51.7 Å². The Balaban J connectivity index is 1.76. The van der Waals surface area contributed by atoms with Gasteiger partial charge in [0.15, 0.2) is 20.4 Å². The highest BCUT2D eigenvalue weighted by Crippen LogP contribution is 2.22. The Kier molecular flexibility index (Phi) is 7.36. The van der Waals surface area contributed by atoms with Crippen molar-refractivity contribution in [1.29, 1.82) is 0 Å². The minimum Gasteiger partial charge on any atom is -0.342 e. The van der Waals surface area contributed by atoms with Gasteiger partial charge in [0.05, 0.1) is 18.1 Å². The number of unbranched alkanes of at least 4 members (excludes halogenated alkanes) is 1. The van der Waals surface area contributed by atoms with Gasteiger partial charge < -0.3 is 4.90 Å². The summed E-state index contributed by atoms with van der Waals surface area (Å²) in [5.41, 5.74) is 0.917. The maximum absolute atomic E-state index is 12.6. The first-order valence-electron chi connectivity index (χ1n) is 10.1. The summed E-state index contributed by atoms with van der Waals surface area (Å²) in [6.45, 7) is 3.22. The highest BCUT2D eigenvalue weighted by atomic mass is 35.5. The molecule has 3 rings (SSSR count). The van der Waals surface area contributed by atoms with Crippen molar-refractivity contribution in [3.8, 4) is 11.4 Å². The molecule has 0 radical (unpaired) electrons. The van der Waals surface area contributed by atoms with Gasteiger partial charge >= 0.3 is 0 Å². The number of sulfone groups is 1. The fourth-order valence-corrected chi connectivity index (χ4v) is 5.79. The highest BCUT2D eigenvalue weighted by molar-refractivity contribution is 7.91. The lowest BCUT2D eigenvalue weighted by atomic mass is 10.2. The summed E-state index contributed by atoms with van der Waals surface area (Å²) in [6.07, 6.45) is 2.71. The Morgan fingerprint density at radius 1 is 1.30 bits per heavy atom. The second-order valence-electron chi connectivity index (χ2n) is 7.65. The normalized spacial score (nSPS) is 17.9. The van der Waals surface area contributed by atoms with Crippen LogP contribution in [-0.4, -0.2) is 58.2 Å². The maximum Gasteiger partial charge on any atom is 0.224 e. The van der Waals surface area contributed by atoms with Crippen LogP contribution in [0.3, 0.4) is 0 Å². The Hall–Kier alpha value is -1.71. The van der Waals surface area contributed by atoms with E-state index in [1.54, 1.807) is 16.6 Å². The number of aryl methyl sites for hydroxylation is 1. The second-order valence-corrected chi connectivity index (χ2v) is 10.7.